The summed E-state index contributed by atoms with van der Waals surface area (Å²) in [6, 6.07) is 7.20. The van der Waals surface area contributed by atoms with E-state index in [1.807, 2.05) is 19.1 Å². The van der Waals surface area contributed by atoms with Crippen LogP contribution >= 0.6 is 0 Å². The van der Waals surface area contributed by atoms with Crippen molar-refractivity contribution >= 4 is 10.0 Å². The molecule has 0 atom stereocenters. The number of aryl methyl sites for hydroxylation is 1. The summed E-state index contributed by atoms with van der Waals surface area (Å²) in [6.45, 7) is 2.50. The third-order valence-corrected chi connectivity index (χ3v) is 6.01. The highest BCUT2D eigenvalue weighted by Gasteiger charge is 2.25. The van der Waals surface area contributed by atoms with Gasteiger partial charge in [0.2, 0.25) is 10.0 Å². The SMILES string of the molecule is Cc1ccccc1S(=O)(=O)N(C)CC1CCCCC1. The van der Waals surface area contributed by atoms with Crippen molar-refractivity contribution in [2.45, 2.75) is 43.9 Å². The maximum absolute atomic E-state index is 12.6. The molecule has 1 aliphatic carbocycles. The maximum atomic E-state index is 12.6. The lowest BCUT2D eigenvalue weighted by molar-refractivity contribution is 0.300. The highest BCUT2D eigenvalue weighted by Crippen LogP contribution is 2.26. The van der Waals surface area contributed by atoms with E-state index in [4.69, 9.17) is 0 Å². The third kappa shape index (κ3) is 3.37. The van der Waals surface area contributed by atoms with Gasteiger partial charge in [0, 0.05) is 13.6 Å². The predicted molar refractivity (Wildman–Crippen MR) is 77.6 cm³/mol. The summed E-state index contributed by atoms with van der Waals surface area (Å²) in [5, 5.41) is 0. The Morgan fingerprint density at radius 2 is 1.79 bits per heavy atom. The molecule has 1 fully saturated rings. The highest BCUT2D eigenvalue weighted by atomic mass is 32.2. The van der Waals surface area contributed by atoms with Crippen LogP contribution in [0.2, 0.25) is 0 Å². The summed E-state index contributed by atoms with van der Waals surface area (Å²) in [5.41, 5.74) is 0.818. The van der Waals surface area contributed by atoms with E-state index >= 15 is 0 Å². The van der Waals surface area contributed by atoms with Crippen LogP contribution in [0, 0.1) is 12.8 Å². The van der Waals surface area contributed by atoms with Crippen LogP contribution in [-0.4, -0.2) is 26.3 Å². The fourth-order valence-electron chi connectivity index (χ4n) is 2.85. The van der Waals surface area contributed by atoms with Gasteiger partial charge in [-0.2, -0.15) is 0 Å². The Kier molecular flexibility index (Phi) is 4.63. The molecule has 2 rings (SSSR count). The molecule has 4 heteroatoms. The topological polar surface area (TPSA) is 37.4 Å². The Bertz CT molecular complexity index is 519. The smallest absolute Gasteiger partial charge is 0.207 e. The van der Waals surface area contributed by atoms with E-state index < -0.39 is 10.0 Å². The summed E-state index contributed by atoms with van der Waals surface area (Å²) in [7, 11) is -1.63. The van der Waals surface area contributed by atoms with Crippen LogP contribution in [0.4, 0.5) is 0 Å². The predicted octanol–water partition coefficient (Wildman–Crippen LogP) is 3.20. The van der Waals surface area contributed by atoms with Crippen molar-refractivity contribution in [1.82, 2.24) is 4.31 Å². The zero-order valence-corrected chi connectivity index (χ0v) is 12.6. The zero-order chi connectivity index (χ0) is 13.9. The first-order chi connectivity index (χ1) is 9.01. The van der Waals surface area contributed by atoms with Crippen LogP contribution in [0.3, 0.4) is 0 Å². The number of benzene rings is 1. The van der Waals surface area contributed by atoms with E-state index in [2.05, 4.69) is 0 Å². The molecule has 1 aromatic rings. The molecule has 1 aliphatic rings. The van der Waals surface area contributed by atoms with Crippen molar-refractivity contribution in [2.75, 3.05) is 13.6 Å². The van der Waals surface area contributed by atoms with Gasteiger partial charge in [-0.1, -0.05) is 37.5 Å². The van der Waals surface area contributed by atoms with Crippen LogP contribution in [-0.2, 0) is 10.0 Å². The molecule has 0 N–H and O–H groups in total. The molecule has 0 heterocycles. The molecule has 0 amide bonds. The van der Waals surface area contributed by atoms with Gasteiger partial charge in [-0.05, 0) is 37.3 Å². The van der Waals surface area contributed by atoms with Crippen molar-refractivity contribution in [3.63, 3.8) is 0 Å². The lowest BCUT2D eigenvalue weighted by Crippen LogP contribution is -2.33. The summed E-state index contributed by atoms with van der Waals surface area (Å²) in [5.74, 6) is 0.526. The minimum atomic E-state index is -3.34. The average molecular weight is 281 g/mol. The summed E-state index contributed by atoms with van der Waals surface area (Å²) < 4.78 is 26.6. The van der Waals surface area contributed by atoms with Crippen LogP contribution < -0.4 is 0 Å². The molecule has 3 nitrogen and oxygen atoms in total. The number of rotatable bonds is 4. The van der Waals surface area contributed by atoms with E-state index in [1.54, 1.807) is 19.2 Å². The maximum Gasteiger partial charge on any atom is 0.243 e. The first kappa shape index (κ1) is 14.5. The standard InChI is InChI=1S/C15H23NO2S/c1-13-8-6-7-11-15(13)19(17,18)16(2)12-14-9-4-3-5-10-14/h6-8,11,14H,3-5,9-10,12H2,1-2H3. The molecule has 0 aromatic heterocycles. The Morgan fingerprint density at radius 1 is 1.16 bits per heavy atom. The normalized spacial score (nSPS) is 17.8. The molecule has 1 aromatic carbocycles. The van der Waals surface area contributed by atoms with Gasteiger partial charge in [-0.25, -0.2) is 12.7 Å². The van der Waals surface area contributed by atoms with Crippen molar-refractivity contribution in [2.24, 2.45) is 5.92 Å². The molecule has 106 valence electrons. The second-order valence-corrected chi connectivity index (χ2v) is 7.57. The van der Waals surface area contributed by atoms with E-state index in [9.17, 15) is 8.42 Å². The van der Waals surface area contributed by atoms with Crippen LogP contribution in [0.15, 0.2) is 29.2 Å². The van der Waals surface area contributed by atoms with E-state index in [0.717, 1.165) is 18.4 Å². The fourth-order valence-corrected chi connectivity index (χ4v) is 4.31. The van der Waals surface area contributed by atoms with Gasteiger partial charge in [0.25, 0.3) is 0 Å². The highest BCUT2D eigenvalue weighted by molar-refractivity contribution is 7.89. The Labute approximate surface area is 116 Å². The van der Waals surface area contributed by atoms with Crippen molar-refractivity contribution < 1.29 is 8.42 Å². The van der Waals surface area contributed by atoms with Crippen LogP contribution in [0.1, 0.15) is 37.7 Å². The monoisotopic (exact) mass is 281 g/mol. The number of hydrogen-bond donors (Lipinski definition) is 0. The molecule has 0 saturated heterocycles. The van der Waals surface area contributed by atoms with Crippen LogP contribution in [0.5, 0.6) is 0 Å². The molecule has 0 bridgehead atoms. The summed E-state index contributed by atoms with van der Waals surface area (Å²) >= 11 is 0. The van der Waals surface area contributed by atoms with E-state index in [1.165, 1.54) is 23.6 Å². The molecular weight excluding hydrogens is 258 g/mol. The summed E-state index contributed by atoms with van der Waals surface area (Å²) in [4.78, 5) is 0.438. The second-order valence-electron chi connectivity index (χ2n) is 5.56. The molecule has 0 aliphatic heterocycles. The number of sulfonamides is 1. The molecular formula is C15H23NO2S. The quantitative estimate of drug-likeness (QED) is 0.850. The minimum absolute atomic E-state index is 0.438. The Balaban J connectivity index is 2.13. The Morgan fingerprint density at radius 3 is 2.42 bits per heavy atom. The molecule has 1 saturated carbocycles. The average Bonchev–Trinajstić information content (AvgIpc) is 2.40. The van der Waals surface area contributed by atoms with Gasteiger partial charge >= 0.3 is 0 Å². The van der Waals surface area contributed by atoms with Crippen molar-refractivity contribution in [1.29, 1.82) is 0 Å². The number of hydrogen-bond acceptors (Lipinski definition) is 2. The van der Waals surface area contributed by atoms with Crippen molar-refractivity contribution in [3.8, 4) is 0 Å². The molecule has 0 spiro atoms. The van der Waals surface area contributed by atoms with Crippen molar-refractivity contribution in [3.05, 3.63) is 29.8 Å². The van der Waals surface area contributed by atoms with Gasteiger partial charge in [-0.3, -0.25) is 0 Å². The van der Waals surface area contributed by atoms with E-state index in [-0.39, 0.29) is 0 Å². The second kappa shape index (κ2) is 6.06. The minimum Gasteiger partial charge on any atom is -0.207 e. The van der Waals surface area contributed by atoms with Gasteiger partial charge in [0.1, 0.15) is 0 Å². The van der Waals surface area contributed by atoms with E-state index in [0.29, 0.717) is 17.4 Å². The fraction of sp³-hybridized carbons (Fsp3) is 0.600. The van der Waals surface area contributed by atoms with Crippen LogP contribution in [0.25, 0.3) is 0 Å². The number of nitrogens with zero attached hydrogens (tertiary/aromatic N) is 1. The summed E-state index contributed by atoms with van der Waals surface area (Å²) in [6.07, 6.45) is 6.10. The largest absolute Gasteiger partial charge is 0.243 e. The third-order valence-electron chi connectivity index (χ3n) is 4.02. The first-order valence-electron chi connectivity index (χ1n) is 7.04. The van der Waals surface area contributed by atoms with Gasteiger partial charge < -0.3 is 0 Å². The lowest BCUT2D eigenvalue weighted by Gasteiger charge is -2.27. The lowest BCUT2D eigenvalue weighted by atomic mass is 9.89. The Hall–Kier alpha value is -0.870. The molecule has 0 radical (unpaired) electrons. The van der Waals surface area contributed by atoms with Gasteiger partial charge in [-0.15, -0.1) is 0 Å². The zero-order valence-electron chi connectivity index (χ0n) is 11.8. The molecule has 19 heavy (non-hydrogen) atoms. The van der Waals surface area contributed by atoms with Gasteiger partial charge in [0.05, 0.1) is 4.90 Å². The molecule has 0 unspecified atom stereocenters. The first-order valence-corrected chi connectivity index (χ1v) is 8.48. The van der Waals surface area contributed by atoms with Gasteiger partial charge in [0.15, 0.2) is 0 Å².